The molecule has 4 heteroatoms. The lowest BCUT2D eigenvalue weighted by Crippen LogP contribution is -2.11. The van der Waals surface area contributed by atoms with E-state index in [9.17, 15) is 5.11 Å². The van der Waals surface area contributed by atoms with E-state index < -0.39 is 0 Å². The maximum atomic E-state index is 9.98. The van der Waals surface area contributed by atoms with Crippen LogP contribution in [0.25, 0.3) is 5.69 Å². The van der Waals surface area contributed by atoms with Gasteiger partial charge in [0.1, 0.15) is 6.07 Å². The molecule has 0 amide bonds. The summed E-state index contributed by atoms with van der Waals surface area (Å²) in [6.45, 7) is 0. The maximum Gasteiger partial charge on any atom is 0.101 e. The van der Waals surface area contributed by atoms with E-state index in [1.807, 2.05) is 22.9 Å². The van der Waals surface area contributed by atoms with Gasteiger partial charge >= 0.3 is 0 Å². The van der Waals surface area contributed by atoms with Crippen LogP contribution in [0.3, 0.4) is 0 Å². The summed E-state index contributed by atoms with van der Waals surface area (Å²) in [5.74, 6) is 0. The summed E-state index contributed by atoms with van der Waals surface area (Å²) < 4.78 is 2.05. The summed E-state index contributed by atoms with van der Waals surface area (Å²) in [6.07, 6.45) is 4.36. The molecule has 1 unspecified atom stereocenters. The van der Waals surface area contributed by atoms with Crippen molar-refractivity contribution in [3.05, 3.63) is 52.3 Å². The average molecular weight is 273 g/mol. The number of nitriles is 1. The Morgan fingerprint density at radius 1 is 1.37 bits per heavy atom. The van der Waals surface area contributed by atoms with Gasteiger partial charge in [0.25, 0.3) is 0 Å². The van der Waals surface area contributed by atoms with Gasteiger partial charge in [-0.1, -0.05) is 11.6 Å². The summed E-state index contributed by atoms with van der Waals surface area (Å²) in [6, 6.07) is 9.42. The molecule has 1 aliphatic carbocycles. The number of halogens is 1. The molecule has 0 saturated heterocycles. The monoisotopic (exact) mass is 272 g/mol. The summed E-state index contributed by atoms with van der Waals surface area (Å²) in [5, 5.41) is 19.3. The van der Waals surface area contributed by atoms with Gasteiger partial charge in [0.15, 0.2) is 0 Å². The topological polar surface area (TPSA) is 49.0 Å². The van der Waals surface area contributed by atoms with Gasteiger partial charge in [0.2, 0.25) is 0 Å². The molecule has 1 atom stereocenters. The summed E-state index contributed by atoms with van der Waals surface area (Å²) in [7, 11) is 0. The molecule has 1 aromatic heterocycles. The van der Waals surface area contributed by atoms with Crippen LogP contribution in [0.15, 0.2) is 30.5 Å². The number of rotatable bonds is 1. The molecule has 0 bridgehead atoms. The first-order valence-electron chi connectivity index (χ1n) is 6.29. The molecule has 0 saturated carbocycles. The highest BCUT2D eigenvalue weighted by Crippen LogP contribution is 2.32. The SMILES string of the molecule is N#Cc1ccc(-n2ccc3c2CCCC3O)cc1Cl. The van der Waals surface area contributed by atoms with Crippen LogP contribution in [0.2, 0.25) is 5.02 Å². The smallest absolute Gasteiger partial charge is 0.101 e. The van der Waals surface area contributed by atoms with E-state index in [1.54, 1.807) is 12.1 Å². The van der Waals surface area contributed by atoms with E-state index in [1.165, 1.54) is 0 Å². The van der Waals surface area contributed by atoms with Crippen molar-refractivity contribution in [2.45, 2.75) is 25.4 Å². The highest BCUT2D eigenvalue weighted by molar-refractivity contribution is 6.31. The number of fused-ring (bicyclic) bond motifs is 1. The largest absolute Gasteiger partial charge is 0.388 e. The van der Waals surface area contributed by atoms with Crippen LogP contribution in [0, 0.1) is 11.3 Å². The van der Waals surface area contributed by atoms with Crippen LogP contribution in [0.1, 0.15) is 35.8 Å². The minimum atomic E-state index is -0.362. The van der Waals surface area contributed by atoms with Crippen molar-refractivity contribution in [1.82, 2.24) is 4.57 Å². The van der Waals surface area contributed by atoms with Gasteiger partial charge in [-0.2, -0.15) is 5.26 Å². The molecule has 2 aromatic rings. The Hall–Kier alpha value is -1.76. The third-order valence-electron chi connectivity index (χ3n) is 3.63. The summed E-state index contributed by atoms with van der Waals surface area (Å²) in [4.78, 5) is 0. The fourth-order valence-electron chi connectivity index (χ4n) is 2.65. The lowest BCUT2D eigenvalue weighted by atomic mass is 9.95. The second-order valence-corrected chi connectivity index (χ2v) is 5.18. The minimum absolute atomic E-state index is 0.362. The molecule has 1 aliphatic rings. The number of aromatic nitrogens is 1. The van der Waals surface area contributed by atoms with Crippen molar-refractivity contribution in [1.29, 1.82) is 5.26 Å². The van der Waals surface area contributed by atoms with Crippen LogP contribution in [-0.4, -0.2) is 9.67 Å². The highest BCUT2D eigenvalue weighted by atomic mass is 35.5. The first-order valence-corrected chi connectivity index (χ1v) is 6.66. The number of hydrogen-bond donors (Lipinski definition) is 1. The van der Waals surface area contributed by atoms with Gasteiger partial charge in [-0.25, -0.2) is 0 Å². The zero-order valence-corrected chi connectivity index (χ0v) is 11.1. The predicted molar refractivity (Wildman–Crippen MR) is 73.4 cm³/mol. The van der Waals surface area contributed by atoms with Gasteiger partial charge in [0, 0.05) is 23.1 Å². The predicted octanol–water partition coefficient (Wildman–Crippen LogP) is 3.37. The third-order valence-corrected chi connectivity index (χ3v) is 3.94. The van der Waals surface area contributed by atoms with E-state index in [0.29, 0.717) is 10.6 Å². The number of aliphatic hydroxyl groups is 1. The van der Waals surface area contributed by atoms with Gasteiger partial charge in [-0.15, -0.1) is 0 Å². The molecule has 19 heavy (non-hydrogen) atoms. The molecule has 96 valence electrons. The fourth-order valence-corrected chi connectivity index (χ4v) is 2.87. The van der Waals surface area contributed by atoms with E-state index >= 15 is 0 Å². The third kappa shape index (κ3) is 2.03. The maximum absolute atomic E-state index is 9.98. The Morgan fingerprint density at radius 2 is 2.21 bits per heavy atom. The average Bonchev–Trinajstić information content (AvgIpc) is 2.84. The van der Waals surface area contributed by atoms with Crippen molar-refractivity contribution in [2.75, 3.05) is 0 Å². The number of hydrogen-bond acceptors (Lipinski definition) is 2. The van der Waals surface area contributed by atoms with Crippen molar-refractivity contribution >= 4 is 11.6 Å². The normalized spacial score (nSPS) is 17.8. The van der Waals surface area contributed by atoms with Crippen LogP contribution >= 0.6 is 11.6 Å². The highest BCUT2D eigenvalue weighted by Gasteiger charge is 2.21. The second kappa shape index (κ2) is 4.73. The molecule has 0 aliphatic heterocycles. The number of aliphatic hydroxyl groups excluding tert-OH is 1. The lowest BCUT2D eigenvalue weighted by molar-refractivity contribution is 0.156. The van der Waals surface area contributed by atoms with Crippen molar-refractivity contribution in [3.8, 4) is 11.8 Å². The molecular formula is C15H13ClN2O. The molecule has 3 rings (SSSR count). The summed E-state index contributed by atoms with van der Waals surface area (Å²) >= 11 is 6.07. The minimum Gasteiger partial charge on any atom is -0.388 e. The van der Waals surface area contributed by atoms with Crippen molar-refractivity contribution in [3.63, 3.8) is 0 Å². The Morgan fingerprint density at radius 3 is 2.95 bits per heavy atom. The van der Waals surface area contributed by atoms with Crippen molar-refractivity contribution in [2.24, 2.45) is 0 Å². The van der Waals surface area contributed by atoms with Gasteiger partial charge in [-0.3, -0.25) is 0 Å². The zero-order chi connectivity index (χ0) is 13.4. The lowest BCUT2D eigenvalue weighted by Gasteiger charge is -2.20. The standard InChI is InChI=1S/C15H13ClN2O/c16-13-8-11(5-4-10(13)9-17)18-7-6-12-14(18)2-1-3-15(12)19/h4-8,15,19H,1-3H2. The molecule has 1 N–H and O–H groups in total. The molecular weight excluding hydrogens is 260 g/mol. The molecule has 0 spiro atoms. The van der Waals surface area contributed by atoms with Gasteiger partial charge in [-0.05, 0) is 43.5 Å². The molecule has 1 aromatic carbocycles. The Bertz CT molecular complexity index is 669. The number of nitrogens with zero attached hydrogens (tertiary/aromatic N) is 2. The first kappa shape index (κ1) is 12.3. The molecule has 3 nitrogen and oxygen atoms in total. The van der Waals surface area contributed by atoms with Crippen LogP contribution in [0.4, 0.5) is 0 Å². The number of benzene rings is 1. The second-order valence-electron chi connectivity index (χ2n) is 4.77. The summed E-state index contributed by atoms with van der Waals surface area (Å²) in [5.41, 5.74) is 3.55. The fraction of sp³-hybridized carbons (Fsp3) is 0.267. The van der Waals surface area contributed by atoms with E-state index in [0.717, 1.165) is 36.2 Å². The van der Waals surface area contributed by atoms with E-state index in [-0.39, 0.29) is 6.10 Å². The quantitative estimate of drug-likeness (QED) is 0.865. The first-order chi connectivity index (χ1) is 9.20. The zero-order valence-electron chi connectivity index (χ0n) is 10.3. The van der Waals surface area contributed by atoms with Gasteiger partial charge < -0.3 is 9.67 Å². The van der Waals surface area contributed by atoms with E-state index in [4.69, 9.17) is 16.9 Å². The molecule has 0 radical (unpaired) electrons. The van der Waals surface area contributed by atoms with Crippen LogP contribution < -0.4 is 0 Å². The Labute approximate surface area is 116 Å². The Kier molecular flexibility index (Phi) is 3.06. The van der Waals surface area contributed by atoms with Crippen molar-refractivity contribution < 1.29 is 5.11 Å². The van der Waals surface area contributed by atoms with Gasteiger partial charge in [0.05, 0.1) is 16.7 Å². The Balaban J connectivity index is 2.08. The molecule has 0 fully saturated rings. The van der Waals surface area contributed by atoms with Crippen LogP contribution in [-0.2, 0) is 6.42 Å². The van der Waals surface area contributed by atoms with E-state index in [2.05, 4.69) is 6.07 Å². The molecule has 1 heterocycles. The van der Waals surface area contributed by atoms with Crippen LogP contribution in [0.5, 0.6) is 0 Å².